The Morgan fingerprint density at radius 3 is 3.04 bits per heavy atom. The molecule has 0 bridgehead atoms. The summed E-state index contributed by atoms with van der Waals surface area (Å²) >= 11 is 1.70. The molecule has 6 heteroatoms. The van der Waals surface area contributed by atoms with Crippen molar-refractivity contribution in [3.63, 3.8) is 0 Å². The second-order valence-electron chi connectivity index (χ2n) is 6.20. The third-order valence-corrected chi connectivity index (χ3v) is 5.73. The van der Waals surface area contributed by atoms with Gasteiger partial charge in [0, 0.05) is 30.4 Å². The first kappa shape index (κ1) is 17.0. The Kier molecular flexibility index (Phi) is 5.56. The summed E-state index contributed by atoms with van der Waals surface area (Å²) in [6.45, 7) is 5.91. The fourth-order valence-electron chi connectivity index (χ4n) is 3.42. The normalized spacial score (nSPS) is 19.2. The van der Waals surface area contributed by atoms with Gasteiger partial charge in [-0.1, -0.05) is 13.0 Å². The van der Waals surface area contributed by atoms with Crippen molar-refractivity contribution in [2.24, 2.45) is 0 Å². The van der Waals surface area contributed by atoms with Crippen LogP contribution in [0.3, 0.4) is 0 Å². The topological polar surface area (TPSA) is 50.2 Å². The summed E-state index contributed by atoms with van der Waals surface area (Å²) in [7, 11) is 0. The van der Waals surface area contributed by atoms with Crippen LogP contribution in [0.2, 0.25) is 0 Å². The molecule has 1 N–H and O–H groups in total. The second-order valence-corrected chi connectivity index (χ2v) is 7.18. The Balaban J connectivity index is 1.76. The number of likely N-dealkylation sites (tertiary alicyclic amines) is 1. The van der Waals surface area contributed by atoms with Gasteiger partial charge in [-0.15, -0.1) is 11.3 Å². The number of carbonyl (C=O) groups excluding carboxylic acids is 1. The number of nitrogens with one attached hydrogen (secondary N) is 1. The molecule has 1 aliphatic heterocycles. The molecule has 0 saturated carbocycles. The summed E-state index contributed by atoms with van der Waals surface area (Å²) < 4.78 is 2.15. The number of nitrogens with zero attached hydrogens (tertiary/aromatic N) is 3. The summed E-state index contributed by atoms with van der Waals surface area (Å²) in [5, 5.41) is 5.29. The zero-order valence-corrected chi connectivity index (χ0v) is 15.3. The lowest BCUT2D eigenvalue weighted by Gasteiger charge is -2.36. The van der Waals surface area contributed by atoms with Gasteiger partial charge in [0.1, 0.15) is 5.82 Å². The monoisotopic (exact) mass is 346 g/mol. The third-order valence-electron chi connectivity index (χ3n) is 4.74. The predicted molar refractivity (Wildman–Crippen MR) is 97.1 cm³/mol. The van der Waals surface area contributed by atoms with E-state index in [-0.39, 0.29) is 18.1 Å². The number of aromatic nitrogens is 2. The molecule has 5 nitrogen and oxygen atoms in total. The van der Waals surface area contributed by atoms with E-state index in [9.17, 15) is 4.79 Å². The molecular weight excluding hydrogens is 320 g/mol. The first-order valence-electron chi connectivity index (χ1n) is 8.86. The van der Waals surface area contributed by atoms with E-state index in [0.29, 0.717) is 0 Å². The highest BCUT2D eigenvalue weighted by molar-refractivity contribution is 7.10. The number of rotatable bonds is 5. The summed E-state index contributed by atoms with van der Waals surface area (Å²) in [6, 6.07) is 4.33. The average Bonchev–Trinajstić information content (AvgIpc) is 3.30. The molecule has 1 fully saturated rings. The molecule has 0 spiro atoms. The average molecular weight is 347 g/mol. The van der Waals surface area contributed by atoms with Gasteiger partial charge in [0.15, 0.2) is 0 Å². The van der Waals surface area contributed by atoms with Crippen LogP contribution in [-0.4, -0.2) is 27.0 Å². The molecule has 2 amide bonds. The molecule has 0 aromatic carbocycles. The molecule has 3 heterocycles. The number of hydrogen-bond acceptors (Lipinski definition) is 3. The maximum absolute atomic E-state index is 13.0. The highest BCUT2D eigenvalue weighted by Crippen LogP contribution is 2.31. The fourth-order valence-corrected chi connectivity index (χ4v) is 4.29. The Labute approximate surface area is 147 Å². The van der Waals surface area contributed by atoms with Gasteiger partial charge < -0.3 is 14.8 Å². The number of urea groups is 1. The number of amides is 2. The molecule has 2 aromatic heterocycles. The van der Waals surface area contributed by atoms with Crippen molar-refractivity contribution >= 4 is 17.4 Å². The quantitative estimate of drug-likeness (QED) is 0.875. The number of thiophene rings is 1. The van der Waals surface area contributed by atoms with E-state index < -0.39 is 0 Å². The lowest BCUT2D eigenvalue weighted by molar-refractivity contribution is 0.142. The van der Waals surface area contributed by atoms with Gasteiger partial charge >= 0.3 is 6.03 Å². The Morgan fingerprint density at radius 2 is 2.33 bits per heavy atom. The number of imidazole rings is 1. The van der Waals surface area contributed by atoms with Crippen molar-refractivity contribution in [2.75, 3.05) is 6.54 Å². The third kappa shape index (κ3) is 3.48. The van der Waals surface area contributed by atoms with Crippen molar-refractivity contribution in [1.29, 1.82) is 0 Å². The highest BCUT2D eigenvalue weighted by atomic mass is 32.1. The number of aryl methyl sites for hydroxylation is 1. The van der Waals surface area contributed by atoms with E-state index in [1.807, 2.05) is 23.4 Å². The molecule has 3 rings (SSSR count). The van der Waals surface area contributed by atoms with Crippen LogP contribution in [0.15, 0.2) is 29.9 Å². The molecule has 2 atom stereocenters. The van der Waals surface area contributed by atoms with Crippen LogP contribution < -0.4 is 5.32 Å². The minimum Gasteiger partial charge on any atom is -0.333 e. The largest absolute Gasteiger partial charge is 0.333 e. The van der Waals surface area contributed by atoms with Gasteiger partial charge in [-0.25, -0.2) is 9.78 Å². The first-order valence-corrected chi connectivity index (χ1v) is 9.74. The van der Waals surface area contributed by atoms with Crippen molar-refractivity contribution < 1.29 is 4.79 Å². The van der Waals surface area contributed by atoms with E-state index in [0.717, 1.165) is 44.6 Å². The molecule has 130 valence electrons. The first-order chi connectivity index (χ1) is 11.7. The standard InChI is InChI=1S/C18H26N4OS/c1-3-14(16-9-7-13-24-16)20-18(23)22-11-6-5-8-15(22)17-19-10-12-21(17)4-2/h7,9-10,12-15H,3-6,8,11H2,1-2H3,(H,20,23)/t14-,15+/m1/s1. The Bertz CT molecular complexity index is 652. The summed E-state index contributed by atoms with van der Waals surface area (Å²) in [6.07, 6.45) is 7.93. The zero-order valence-electron chi connectivity index (χ0n) is 14.4. The lowest BCUT2D eigenvalue weighted by atomic mass is 10.0. The molecular formula is C18H26N4OS. The minimum atomic E-state index is 0.0330. The predicted octanol–water partition coefficient (Wildman–Crippen LogP) is 4.35. The van der Waals surface area contributed by atoms with Gasteiger partial charge in [-0.05, 0) is 44.1 Å². The van der Waals surface area contributed by atoms with Crippen LogP contribution in [0.1, 0.15) is 62.3 Å². The van der Waals surface area contributed by atoms with Gasteiger partial charge in [0.2, 0.25) is 0 Å². The van der Waals surface area contributed by atoms with Gasteiger partial charge in [-0.3, -0.25) is 0 Å². The maximum atomic E-state index is 13.0. The van der Waals surface area contributed by atoms with E-state index in [2.05, 4.69) is 40.2 Å². The summed E-state index contributed by atoms with van der Waals surface area (Å²) in [5.41, 5.74) is 0. The van der Waals surface area contributed by atoms with Gasteiger partial charge in [0.05, 0.1) is 12.1 Å². The molecule has 0 radical (unpaired) electrons. The molecule has 1 saturated heterocycles. The second kappa shape index (κ2) is 7.83. The lowest BCUT2D eigenvalue weighted by Crippen LogP contribution is -2.46. The molecule has 24 heavy (non-hydrogen) atoms. The summed E-state index contributed by atoms with van der Waals surface area (Å²) in [4.78, 5) is 20.7. The van der Waals surface area contributed by atoms with Crippen LogP contribution in [0.25, 0.3) is 0 Å². The molecule has 2 aromatic rings. The van der Waals surface area contributed by atoms with Crippen LogP contribution in [0, 0.1) is 0 Å². The van der Waals surface area contributed by atoms with Crippen molar-refractivity contribution in [1.82, 2.24) is 19.8 Å². The van der Waals surface area contributed by atoms with Crippen LogP contribution in [-0.2, 0) is 6.54 Å². The molecule has 1 aliphatic rings. The van der Waals surface area contributed by atoms with Gasteiger partial charge in [-0.2, -0.15) is 0 Å². The van der Waals surface area contributed by atoms with E-state index in [1.165, 1.54) is 4.88 Å². The van der Waals surface area contributed by atoms with Crippen LogP contribution in [0.5, 0.6) is 0 Å². The van der Waals surface area contributed by atoms with Crippen LogP contribution >= 0.6 is 11.3 Å². The zero-order chi connectivity index (χ0) is 16.9. The summed E-state index contributed by atoms with van der Waals surface area (Å²) in [5.74, 6) is 1.01. The Hall–Kier alpha value is -1.82. The van der Waals surface area contributed by atoms with Crippen molar-refractivity contribution in [3.05, 3.63) is 40.6 Å². The number of hydrogen-bond donors (Lipinski definition) is 1. The van der Waals surface area contributed by atoms with Crippen molar-refractivity contribution in [3.8, 4) is 0 Å². The van der Waals surface area contributed by atoms with E-state index >= 15 is 0 Å². The van der Waals surface area contributed by atoms with E-state index in [4.69, 9.17) is 0 Å². The Morgan fingerprint density at radius 1 is 1.46 bits per heavy atom. The maximum Gasteiger partial charge on any atom is 0.318 e. The van der Waals surface area contributed by atoms with Crippen molar-refractivity contribution in [2.45, 2.75) is 58.2 Å². The minimum absolute atomic E-state index is 0.0330. The molecule has 0 aliphatic carbocycles. The number of piperidine rings is 1. The smallest absolute Gasteiger partial charge is 0.318 e. The molecule has 0 unspecified atom stereocenters. The highest BCUT2D eigenvalue weighted by Gasteiger charge is 2.31. The SMILES string of the molecule is CC[C@@H](NC(=O)N1CCCC[C@H]1c1nccn1CC)c1cccs1. The fraction of sp³-hybridized carbons (Fsp3) is 0.556. The van der Waals surface area contributed by atoms with E-state index in [1.54, 1.807) is 11.3 Å². The van der Waals surface area contributed by atoms with Gasteiger partial charge in [0.25, 0.3) is 0 Å². The van der Waals surface area contributed by atoms with Crippen LogP contribution in [0.4, 0.5) is 4.79 Å². The number of carbonyl (C=O) groups is 1.